The molecule has 1 fully saturated rings. The van der Waals surface area contributed by atoms with Gasteiger partial charge in [-0.2, -0.15) is 0 Å². The van der Waals surface area contributed by atoms with Crippen molar-refractivity contribution in [2.75, 3.05) is 38.0 Å². The molecule has 6 nitrogen and oxygen atoms in total. The maximum absolute atomic E-state index is 12.3. The van der Waals surface area contributed by atoms with Gasteiger partial charge in [-0.1, -0.05) is 13.8 Å². The molecule has 2 rings (SSSR count). The number of urea groups is 1. The Hall–Kier alpha value is -1.82. The van der Waals surface area contributed by atoms with E-state index in [0.717, 1.165) is 39.1 Å². The lowest BCUT2D eigenvalue weighted by atomic mass is 10.1. The van der Waals surface area contributed by atoms with Gasteiger partial charge in [-0.3, -0.25) is 4.79 Å². The van der Waals surface area contributed by atoms with Crippen LogP contribution in [0.4, 0.5) is 10.5 Å². The molecule has 0 spiro atoms. The molecule has 0 aliphatic carbocycles. The zero-order valence-electron chi connectivity index (χ0n) is 13.7. The summed E-state index contributed by atoms with van der Waals surface area (Å²) in [5, 5.41) is 2.81. The van der Waals surface area contributed by atoms with Gasteiger partial charge in [0.25, 0.3) is 5.56 Å². The average molecular weight is 306 g/mol. The molecular weight excluding hydrogens is 280 g/mol. The Morgan fingerprint density at radius 1 is 1.41 bits per heavy atom. The summed E-state index contributed by atoms with van der Waals surface area (Å²) in [5.74, 6) is 0.536. The van der Waals surface area contributed by atoms with E-state index in [1.807, 2.05) is 4.90 Å². The van der Waals surface area contributed by atoms with E-state index in [4.69, 9.17) is 0 Å². The van der Waals surface area contributed by atoms with E-state index >= 15 is 0 Å². The molecule has 1 atom stereocenters. The number of amides is 2. The van der Waals surface area contributed by atoms with Crippen molar-refractivity contribution in [1.29, 1.82) is 0 Å². The molecule has 1 saturated heterocycles. The first-order chi connectivity index (χ1) is 10.5. The number of hydrogen-bond donors (Lipinski definition) is 1. The second-order valence-corrected chi connectivity index (χ2v) is 5.88. The number of nitrogens with zero attached hydrogens (tertiary/aromatic N) is 3. The third-order valence-corrected chi connectivity index (χ3v) is 4.34. The van der Waals surface area contributed by atoms with Gasteiger partial charge in [0.15, 0.2) is 0 Å². The third-order valence-electron chi connectivity index (χ3n) is 4.34. The van der Waals surface area contributed by atoms with Crippen LogP contribution in [0.2, 0.25) is 0 Å². The van der Waals surface area contributed by atoms with Crippen LogP contribution in [-0.4, -0.2) is 53.1 Å². The summed E-state index contributed by atoms with van der Waals surface area (Å²) in [4.78, 5) is 28.1. The Morgan fingerprint density at radius 2 is 2.14 bits per heavy atom. The second-order valence-electron chi connectivity index (χ2n) is 5.88. The molecule has 2 heterocycles. The van der Waals surface area contributed by atoms with Gasteiger partial charge in [-0.05, 0) is 31.5 Å². The fourth-order valence-corrected chi connectivity index (χ4v) is 2.84. The van der Waals surface area contributed by atoms with Crippen molar-refractivity contribution in [2.24, 2.45) is 13.0 Å². The minimum absolute atomic E-state index is 0.115. The normalized spacial score (nSPS) is 18.0. The van der Waals surface area contributed by atoms with Crippen molar-refractivity contribution in [1.82, 2.24) is 14.4 Å². The highest BCUT2D eigenvalue weighted by molar-refractivity contribution is 5.89. The summed E-state index contributed by atoms with van der Waals surface area (Å²) in [7, 11) is 1.69. The number of nitrogens with one attached hydrogen (secondary N) is 1. The highest BCUT2D eigenvalue weighted by Crippen LogP contribution is 2.18. The Labute approximate surface area is 131 Å². The molecule has 122 valence electrons. The first-order valence-electron chi connectivity index (χ1n) is 7.98. The number of pyridine rings is 1. The van der Waals surface area contributed by atoms with Gasteiger partial charge < -0.3 is 19.7 Å². The summed E-state index contributed by atoms with van der Waals surface area (Å²) >= 11 is 0. The molecule has 0 saturated carbocycles. The minimum atomic E-state index is -0.126. The van der Waals surface area contributed by atoms with Gasteiger partial charge in [0, 0.05) is 44.6 Å². The number of anilines is 1. The third kappa shape index (κ3) is 4.10. The van der Waals surface area contributed by atoms with Crippen LogP contribution in [0.3, 0.4) is 0 Å². The smallest absolute Gasteiger partial charge is 0.321 e. The van der Waals surface area contributed by atoms with E-state index in [-0.39, 0.29) is 11.6 Å². The predicted molar refractivity (Wildman–Crippen MR) is 88.2 cm³/mol. The Morgan fingerprint density at radius 3 is 2.77 bits per heavy atom. The van der Waals surface area contributed by atoms with Crippen molar-refractivity contribution in [3.05, 3.63) is 28.7 Å². The van der Waals surface area contributed by atoms with Crippen LogP contribution in [0, 0.1) is 5.92 Å². The minimum Gasteiger partial charge on any atom is -0.324 e. The number of carbonyl (C=O) groups excluding carboxylic acids is 1. The SMILES string of the molecule is CCN(CC)CC1CCN(C(=O)Nc2ccn(C)c(=O)c2)C1. The summed E-state index contributed by atoms with van der Waals surface area (Å²) < 4.78 is 1.48. The van der Waals surface area contributed by atoms with Gasteiger partial charge in [0.05, 0.1) is 0 Å². The zero-order valence-corrected chi connectivity index (χ0v) is 13.7. The van der Waals surface area contributed by atoms with E-state index in [2.05, 4.69) is 24.1 Å². The van der Waals surface area contributed by atoms with Gasteiger partial charge in [0.2, 0.25) is 0 Å². The van der Waals surface area contributed by atoms with Crippen LogP contribution in [0.1, 0.15) is 20.3 Å². The van der Waals surface area contributed by atoms with E-state index < -0.39 is 0 Å². The molecule has 1 aromatic heterocycles. The molecule has 2 amide bonds. The Bertz CT molecular complexity index is 566. The molecule has 1 unspecified atom stereocenters. The monoisotopic (exact) mass is 306 g/mol. The Kier molecular flexibility index (Phi) is 5.60. The molecule has 1 aromatic rings. The number of rotatable bonds is 5. The molecule has 0 aromatic carbocycles. The van der Waals surface area contributed by atoms with Gasteiger partial charge in [-0.15, -0.1) is 0 Å². The standard InChI is InChI=1S/C16H26N4O2/c1-4-19(5-2)11-13-6-9-20(12-13)16(22)17-14-7-8-18(3)15(21)10-14/h7-8,10,13H,4-6,9,11-12H2,1-3H3,(H,17,22). The maximum Gasteiger partial charge on any atom is 0.321 e. The molecule has 1 aliphatic heterocycles. The van der Waals surface area contributed by atoms with E-state index in [1.165, 1.54) is 10.6 Å². The number of hydrogen-bond acceptors (Lipinski definition) is 3. The van der Waals surface area contributed by atoms with Gasteiger partial charge in [-0.25, -0.2) is 4.79 Å². The topological polar surface area (TPSA) is 57.6 Å². The number of likely N-dealkylation sites (tertiary alicyclic amines) is 1. The van der Waals surface area contributed by atoms with E-state index in [0.29, 0.717) is 11.6 Å². The summed E-state index contributed by atoms with van der Waals surface area (Å²) in [5.41, 5.74) is 0.430. The lowest BCUT2D eigenvalue weighted by Crippen LogP contribution is -2.35. The molecule has 1 aliphatic rings. The Balaban J connectivity index is 1.88. The first kappa shape index (κ1) is 16.5. The van der Waals surface area contributed by atoms with Crippen molar-refractivity contribution < 1.29 is 4.79 Å². The zero-order chi connectivity index (χ0) is 16.1. The molecule has 0 bridgehead atoms. The average Bonchev–Trinajstić information content (AvgIpc) is 2.97. The highest BCUT2D eigenvalue weighted by atomic mass is 16.2. The van der Waals surface area contributed by atoms with Crippen LogP contribution < -0.4 is 10.9 Å². The molecule has 1 N–H and O–H groups in total. The second kappa shape index (κ2) is 7.45. The molecule has 0 radical (unpaired) electrons. The van der Waals surface area contributed by atoms with Crippen molar-refractivity contribution >= 4 is 11.7 Å². The summed E-state index contributed by atoms with van der Waals surface area (Å²) in [6.07, 6.45) is 2.70. The van der Waals surface area contributed by atoms with Crippen LogP contribution in [0.25, 0.3) is 0 Å². The van der Waals surface area contributed by atoms with Crippen LogP contribution >= 0.6 is 0 Å². The molecular formula is C16H26N4O2. The quantitative estimate of drug-likeness (QED) is 0.898. The van der Waals surface area contributed by atoms with E-state index in [9.17, 15) is 9.59 Å². The van der Waals surface area contributed by atoms with Gasteiger partial charge in [0.1, 0.15) is 0 Å². The highest BCUT2D eigenvalue weighted by Gasteiger charge is 2.27. The number of carbonyl (C=O) groups is 1. The van der Waals surface area contributed by atoms with Gasteiger partial charge >= 0.3 is 6.03 Å². The summed E-state index contributed by atoms with van der Waals surface area (Å²) in [6.45, 7) is 9.04. The number of aromatic nitrogens is 1. The maximum atomic E-state index is 12.3. The largest absolute Gasteiger partial charge is 0.324 e. The van der Waals surface area contributed by atoms with Crippen LogP contribution in [0.5, 0.6) is 0 Å². The van der Waals surface area contributed by atoms with Crippen molar-refractivity contribution in [2.45, 2.75) is 20.3 Å². The van der Waals surface area contributed by atoms with E-state index in [1.54, 1.807) is 19.3 Å². The van der Waals surface area contributed by atoms with Crippen molar-refractivity contribution in [3.8, 4) is 0 Å². The van der Waals surface area contributed by atoms with Crippen LogP contribution in [-0.2, 0) is 7.05 Å². The summed E-state index contributed by atoms with van der Waals surface area (Å²) in [6, 6.07) is 3.07. The first-order valence-corrected chi connectivity index (χ1v) is 7.98. The molecule has 22 heavy (non-hydrogen) atoms. The molecule has 6 heteroatoms. The fraction of sp³-hybridized carbons (Fsp3) is 0.625. The van der Waals surface area contributed by atoms with Crippen molar-refractivity contribution in [3.63, 3.8) is 0 Å². The van der Waals surface area contributed by atoms with Crippen LogP contribution in [0.15, 0.2) is 23.1 Å². The predicted octanol–water partition coefficient (Wildman–Crippen LogP) is 1.58. The lowest BCUT2D eigenvalue weighted by molar-refractivity contribution is 0.215. The fourth-order valence-electron chi connectivity index (χ4n) is 2.84. The lowest BCUT2D eigenvalue weighted by Gasteiger charge is -2.22. The number of aryl methyl sites for hydroxylation is 1.